The highest BCUT2D eigenvalue weighted by molar-refractivity contribution is 6.04. The molecule has 8 heteroatoms. The average Bonchev–Trinajstić information content (AvgIpc) is 3.15. The Kier molecular flexibility index (Phi) is 5.90. The molecule has 0 radical (unpaired) electrons. The predicted octanol–water partition coefficient (Wildman–Crippen LogP) is 3.33. The highest BCUT2D eigenvalue weighted by Gasteiger charge is 2.16. The fraction of sp³-hybridized carbons (Fsp3) is 0.143. The zero-order valence-electron chi connectivity index (χ0n) is 15.6. The summed E-state index contributed by atoms with van der Waals surface area (Å²) in [5.74, 6) is 0.317. The summed E-state index contributed by atoms with van der Waals surface area (Å²) >= 11 is 0. The molecular weight excluding hydrogens is 372 g/mol. The van der Waals surface area contributed by atoms with E-state index in [1.807, 2.05) is 30.3 Å². The maximum atomic E-state index is 12.4. The van der Waals surface area contributed by atoms with Crippen molar-refractivity contribution < 1.29 is 19.4 Å². The zero-order valence-corrected chi connectivity index (χ0v) is 15.6. The summed E-state index contributed by atoms with van der Waals surface area (Å²) in [6.07, 6.45) is -0.169. The first-order valence-corrected chi connectivity index (χ1v) is 8.77. The van der Waals surface area contributed by atoms with Crippen molar-refractivity contribution >= 4 is 17.8 Å². The van der Waals surface area contributed by atoms with Gasteiger partial charge in [-0.25, -0.2) is 4.79 Å². The van der Waals surface area contributed by atoms with Gasteiger partial charge < -0.3 is 15.2 Å². The molecule has 146 valence electrons. The molecule has 0 unspecified atom stereocenters. The number of rotatable bonds is 6. The molecule has 2 N–H and O–H groups in total. The Labute approximate surface area is 167 Å². The first kappa shape index (κ1) is 19.6. The lowest BCUT2D eigenvalue weighted by molar-refractivity contribution is 0.102. The van der Waals surface area contributed by atoms with Crippen LogP contribution in [0.4, 0.5) is 10.6 Å². The SMILES string of the molecule is COc1cccc(CCc2cc(NC(=O)c3ccc(C#N)cc3)n(C(=O)O)n2)c1. The summed E-state index contributed by atoms with van der Waals surface area (Å²) in [4.78, 5) is 23.9. The second kappa shape index (κ2) is 8.71. The van der Waals surface area contributed by atoms with Gasteiger partial charge in [0.2, 0.25) is 0 Å². The van der Waals surface area contributed by atoms with Gasteiger partial charge in [-0.2, -0.15) is 10.4 Å². The van der Waals surface area contributed by atoms with Crippen LogP contribution in [0.3, 0.4) is 0 Å². The van der Waals surface area contributed by atoms with Gasteiger partial charge in [0.15, 0.2) is 0 Å². The van der Waals surface area contributed by atoms with Gasteiger partial charge in [0, 0.05) is 11.6 Å². The van der Waals surface area contributed by atoms with E-state index in [9.17, 15) is 14.7 Å². The molecule has 1 heterocycles. The van der Waals surface area contributed by atoms with E-state index in [0.717, 1.165) is 16.0 Å². The van der Waals surface area contributed by atoms with Gasteiger partial charge in [-0.15, -0.1) is 4.68 Å². The lowest BCUT2D eigenvalue weighted by Gasteiger charge is -2.05. The Bertz CT molecular complexity index is 1080. The van der Waals surface area contributed by atoms with Gasteiger partial charge in [0.1, 0.15) is 11.6 Å². The molecule has 3 aromatic rings. The van der Waals surface area contributed by atoms with E-state index in [1.54, 1.807) is 7.11 Å². The summed E-state index contributed by atoms with van der Waals surface area (Å²) in [5.41, 5.74) is 2.29. The van der Waals surface area contributed by atoms with E-state index in [0.29, 0.717) is 29.7 Å². The van der Waals surface area contributed by atoms with E-state index in [-0.39, 0.29) is 5.82 Å². The van der Waals surface area contributed by atoms with Crippen LogP contribution in [0.25, 0.3) is 0 Å². The number of carboxylic acid groups (broad SMARTS) is 1. The Morgan fingerprint density at radius 2 is 1.93 bits per heavy atom. The van der Waals surface area contributed by atoms with E-state index < -0.39 is 12.0 Å². The van der Waals surface area contributed by atoms with Crippen LogP contribution in [0.2, 0.25) is 0 Å². The minimum atomic E-state index is -1.30. The number of hydrogen-bond donors (Lipinski definition) is 2. The lowest BCUT2D eigenvalue weighted by Crippen LogP contribution is -2.19. The molecule has 0 atom stereocenters. The number of hydrogen-bond acceptors (Lipinski definition) is 5. The van der Waals surface area contributed by atoms with E-state index in [2.05, 4.69) is 10.4 Å². The molecule has 2 aromatic carbocycles. The van der Waals surface area contributed by atoms with Crippen molar-refractivity contribution in [2.75, 3.05) is 12.4 Å². The quantitative estimate of drug-likeness (QED) is 0.667. The van der Waals surface area contributed by atoms with Crippen molar-refractivity contribution in [3.05, 3.63) is 77.0 Å². The molecule has 0 saturated heterocycles. The van der Waals surface area contributed by atoms with Crippen LogP contribution < -0.4 is 10.1 Å². The molecule has 0 saturated carbocycles. The van der Waals surface area contributed by atoms with Crippen molar-refractivity contribution in [1.82, 2.24) is 9.78 Å². The Morgan fingerprint density at radius 1 is 1.17 bits per heavy atom. The number of aromatic nitrogens is 2. The average molecular weight is 390 g/mol. The van der Waals surface area contributed by atoms with E-state index in [1.165, 1.54) is 30.3 Å². The number of amides is 1. The summed E-state index contributed by atoms with van der Waals surface area (Å²) in [6, 6.07) is 17.1. The predicted molar refractivity (Wildman–Crippen MR) is 105 cm³/mol. The molecule has 0 aliphatic heterocycles. The lowest BCUT2D eigenvalue weighted by atomic mass is 10.1. The molecule has 29 heavy (non-hydrogen) atoms. The molecular formula is C21H18N4O4. The van der Waals surface area contributed by atoms with E-state index >= 15 is 0 Å². The normalized spacial score (nSPS) is 10.2. The number of methoxy groups -OCH3 is 1. The molecule has 0 bridgehead atoms. The van der Waals surface area contributed by atoms with Crippen molar-refractivity contribution in [2.45, 2.75) is 12.8 Å². The Hall–Kier alpha value is -4.12. The maximum Gasteiger partial charge on any atom is 0.434 e. The zero-order chi connectivity index (χ0) is 20.8. The number of nitrogens with zero attached hydrogens (tertiary/aromatic N) is 3. The number of nitrogens with one attached hydrogen (secondary N) is 1. The standard InChI is InChI=1S/C21H18N4O4/c1-29-18-4-2-3-14(11-18)7-10-17-12-19(25(24-17)21(27)28)23-20(26)16-8-5-15(13-22)6-9-16/h2-6,8-9,11-12H,7,10H2,1H3,(H,23,26)(H,27,28). The number of aryl methyl sites for hydroxylation is 2. The number of carbonyl (C=O) groups is 2. The van der Waals surface area contributed by atoms with Crippen LogP contribution in [0.5, 0.6) is 5.75 Å². The number of carbonyl (C=O) groups excluding carboxylic acids is 1. The second-order valence-electron chi connectivity index (χ2n) is 6.21. The molecule has 1 amide bonds. The summed E-state index contributed by atoms with van der Waals surface area (Å²) in [6.45, 7) is 0. The molecule has 0 aliphatic carbocycles. The third-order valence-corrected chi connectivity index (χ3v) is 4.26. The smallest absolute Gasteiger partial charge is 0.434 e. The second-order valence-corrected chi connectivity index (χ2v) is 6.21. The first-order valence-electron chi connectivity index (χ1n) is 8.77. The summed E-state index contributed by atoms with van der Waals surface area (Å²) in [5, 5.41) is 24.8. The molecule has 1 aromatic heterocycles. The number of benzene rings is 2. The van der Waals surface area contributed by atoms with Crippen LogP contribution in [0.15, 0.2) is 54.6 Å². The van der Waals surface area contributed by atoms with Crippen LogP contribution >= 0.6 is 0 Å². The van der Waals surface area contributed by atoms with Crippen molar-refractivity contribution in [1.29, 1.82) is 5.26 Å². The molecule has 0 aliphatic rings. The van der Waals surface area contributed by atoms with Gasteiger partial charge in [-0.1, -0.05) is 12.1 Å². The van der Waals surface area contributed by atoms with Crippen LogP contribution in [-0.2, 0) is 12.8 Å². The third kappa shape index (κ3) is 4.78. The minimum Gasteiger partial charge on any atom is -0.497 e. The molecule has 3 rings (SSSR count). The van der Waals surface area contributed by atoms with Gasteiger partial charge in [-0.05, 0) is 54.8 Å². The van der Waals surface area contributed by atoms with Crippen molar-refractivity contribution in [2.24, 2.45) is 0 Å². The topological polar surface area (TPSA) is 117 Å². The number of anilines is 1. The van der Waals surface area contributed by atoms with Gasteiger partial charge in [-0.3, -0.25) is 4.79 Å². The number of nitriles is 1. The van der Waals surface area contributed by atoms with E-state index in [4.69, 9.17) is 10.00 Å². The van der Waals surface area contributed by atoms with Crippen LogP contribution in [0, 0.1) is 11.3 Å². The molecule has 8 nitrogen and oxygen atoms in total. The Balaban J connectivity index is 1.74. The third-order valence-electron chi connectivity index (χ3n) is 4.26. The summed E-state index contributed by atoms with van der Waals surface area (Å²) in [7, 11) is 1.59. The van der Waals surface area contributed by atoms with Crippen LogP contribution in [-0.4, -0.2) is 34.0 Å². The minimum absolute atomic E-state index is 0.0625. The van der Waals surface area contributed by atoms with Gasteiger partial charge >= 0.3 is 6.09 Å². The number of ether oxygens (including phenoxy) is 1. The van der Waals surface area contributed by atoms with Gasteiger partial charge in [0.25, 0.3) is 5.91 Å². The largest absolute Gasteiger partial charge is 0.497 e. The molecule has 0 spiro atoms. The maximum absolute atomic E-state index is 12.4. The molecule has 0 fully saturated rings. The fourth-order valence-electron chi connectivity index (χ4n) is 2.77. The fourth-order valence-corrected chi connectivity index (χ4v) is 2.77. The van der Waals surface area contributed by atoms with Crippen LogP contribution in [0.1, 0.15) is 27.2 Å². The first-order chi connectivity index (χ1) is 14.0. The van der Waals surface area contributed by atoms with Crippen molar-refractivity contribution in [3.63, 3.8) is 0 Å². The Morgan fingerprint density at radius 3 is 2.59 bits per heavy atom. The summed E-state index contributed by atoms with van der Waals surface area (Å²) < 4.78 is 5.94. The van der Waals surface area contributed by atoms with Crippen molar-refractivity contribution in [3.8, 4) is 11.8 Å². The van der Waals surface area contributed by atoms with Gasteiger partial charge in [0.05, 0.1) is 24.4 Å². The highest BCUT2D eigenvalue weighted by atomic mass is 16.5. The highest BCUT2D eigenvalue weighted by Crippen LogP contribution is 2.17. The monoisotopic (exact) mass is 390 g/mol.